The molecule has 0 unspecified atom stereocenters. The molecule has 41 heavy (non-hydrogen) atoms. The largest absolute Gasteiger partial charge is 0.337 e. The van der Waals surface area contributed by atoms with E-state index in [9.17, 15) is 9.18 Å². The number of hydrogen-bond acceptors (Lipinski definition) is 6. The van der Waals surface area contributed by atoms with E-state index in [0.717, 1.165) is 64.6 Å². The van der Waals surface area contributed by atoms with Gasteiger partial charge in [-0.15, -0.1) is 0 Å². The first-order valence-corrected chi connectivity index (χ1v) is 13.7. The van der Waals surface area contributed by atoms with Crippen molar-refractivity contribution in [2.75, 3.05) is 18.4 Å². The Morgan fingerprint density at radius 3 is 2.68 bits per heavy atom. The van der Waals surface area contributed by atoms with Gasteiger partial charge >= 0.3 is 0 Å². The van der Waals surface area contributed by atoms with Crippen molar-refractivity contribution < 1.29 is 9.18 Å². The monoisotopic (exact) mass is 546 g/mol. The zero-order valence-corrected chi connectivity index (χ0v) is 22.1. The lowest BCUT2D eigenvalue weighted by molar-refractivity contribution is -0.117. The van der Waals surface area contributed by atoms with E-state index in [2.05, 4.69) is 35.8 Å². The third-order valence-corrected chi connectivity index (χ3v) is 7.59. The SMILES string of the molecule is O=C(CC1CCNCC1)Nc1cncc(-c2cc3c(-c4nc5c(-c6ccc(F)cc6)cccc5[nH]4)n[nH]c3cn2)c1. The van der Waals surface area contributed by atoms with Crippen molar-refractivity contribution >= 4 is 33.5 Å². The Labute approximate surface area is 234 Å². The number of halogens is 1. The van der Waals surface area contributed by atoms with Gasteiger partial charge in [-0.05, 0) is 67.7 Å². The fourth-order valence-electron chi connectivity index (χ4n) is 5.47. The fraction of sp³-hybridized carbons (Fsp3) is 0.194. The number of carbonyl (C=O) groups excluding carboxylic acids is 1. The van der Waals surface area contributed by atoms with Gasteiger partial charge in [-0.2, -0.15) is 5.10 Å². The first kappa shape index (κ1) is 25.0. The van der Waals surface area contributed by atoms with Crippen LogP contribution in [0.15, 0.2) is 73.2 Å². The van der Waals surface area contributed by atoms with Gasteiger partial charge in [0, 0.05) is 29.1 Å². The average Bonchev–Trinajstić information content (AvgIpc) is 3.62. The molecule has 4 aromatic heterocycles. The maximum Gasteiger partial charge on any atom is 0.224 e. The molecule has 0 atom stereocenters. The molecule has 5 heterocycles. The fourth-order valence-corrected chi connectivity index (χ4v) is 5.47. The van der Waals surface area contributed by atoms with Gasteiger partial charge in [0.15, 0.2) is 5.82 Å². The van der Waals surface area contributed by atoms with Gasteiger partial charge in [0.25, 0.3) is 0 Å². The number of piperidine rings is 1. The molecule has 0 radical (unpaired) electrons. The number of benzene rings is 2. The molecule has 204 valence electrons. The van der Waals surface area contributed by atoms with Gasteiger partial charge in [0.2, 0.25) is 5.91 Å². The molecule has 0 bridgehead atoms. The van der Waals surface area contributed by atoms with Crippen LogP contribution in [-0.4, -0.2) is 49.1 Å². The third-order valence-electron chi connectivity index (χ3n) is 7.59. The summed E-state index contributed by atoms with van der Waals surface area (Å²) in [5, 5.41) is 14.8. The molecule has 4 N–H and O–H groups in total. The highest BCUT2D eigenvalue weighted by atomic mass is 19.1. The highest BCUT2D eigenvalue weighted by Gasteiger charge is 2.18. The number of aromatic nitrogens is 6. The molecule has 6 aromatic rings. The van der Waals surface area contributed by atoms with Gasteiger partial charge in [-0.25, -0.2) is 9.37 Å². The molecular weight excluding hydrogens is 519 g/mol. The number of imidazole rings is 1. The van der Waals surface area contributed by atoms with Crippen molar-refractivity contribution in [1.29, 1.82) is 0 Å². The van der Waals surface area contributed by atoms with E-state index in [1.54, 1.807) is 30.7 Å². The molecule has 1 saturated heterocycles. The molecule has 10 heteroatoms. The minimum Gasteiger partial charge on any atom is -0.337 e. The van der Waals surface area contributed by atoms with Gasteiger partial charge < -0.3 is 15.6 Å². The summed E-state index contributed by atoms with van der Waals surface area (Å²) in [6.07, 6.45) is 7.65. The number of rotatable bonds is 6. The van der Waals surface area contributed by atoms with Crippen LogP contribution in [0.4, 0.5) is 10.1 Å². The third kappa shape index (κ3) is 5.05. The number of para-hydroxylation sites is 1. The van der Waals surface area contributed by atoms with E-state index in [-0.39, 0.29) is 11.7 Å². The molecule has 0 saturated carbocycles. The standard InChI is InChI=1S/C31H27FN8O/c32-21-6-4-19(5-7-21)23-2-1-3-25-29(23)38-31(37-25)30-24-14-26(35-17-27(24)39-40-30)20-13-22(16-34-15-20)36-28(41)12-18-8-10-33-11-9-18/h1-7,13-18,33H,8-12H2,(H,36,41)(H,37,38)(H,39,40). The van der Waals surface area contributed by atoms with Crippen LogP contribution in [0.5, 0.6) is 0 Å². The molecule has 9 nitrogen and oxygen atoms in total. The number of nitrogens with zero attached hydrogens (tertiary/aromatic N) is 4. The lowest BCUT2D eigenvalue weighted by atomic mass is 9.94. The number of amides is 1. The normalized spacial score (nSPS) is 14.1. The van der Waals surface area contributed by atoms with Crippen LogP contribution >= 0.6 is 0 Å². The summed E-state index contributed by atoms with van der Waals surface area (Å²) in [5.41, 5.74) is 6.95. The zero-order chi connectivity index (χ0) is 27.8. The number of hydrogen-bond donors (Lipinski definition) is 4. The molecule has 2 aromatic carbocycles. The molecule has 1 aliphatic rings. The predicted octanol–water partition coefficient (Wildman–Crippen LogP) is 5.70. The minimum atomic E-state index is -0.281. The Morgan fingerprint density at radius 1 is 0.976 bits per heavy atom. The smallest absolute Gasteiger partial charge is 0.224 e. The Hall–Kier alpha value is -4.96. The number of fused-ring (bicyclic) bond motifs is 2. The summed E-state index contributed by atoms with van der Waals surface area (Å²) in [6, 6.07) is 16.1. The highest BCUT2D eigenvalue weighted by Crippen LogP contribution is 2.33. The number of pyridine rings is 2. The molecule has 0 aliphatic carbocycles. The second-order valence-corrected chi connectivity index (χ2v) is 10.4. The molecule has 7 rings (SSSR count). The van der Waals surface area contributed by atoms with E-state index < -0.39 is 0 Å². The van der Waals surface area contributed by atoms with Gasteiger partial charge in [-0.3, -0.25) is 19.9 Å². The molecule has 1 amide bonds. The van der Waals surface area contributed by atoms with Gasteiger partial charge in [0.1, 0.15) is 11.5 Å². The summed E-state index contributed by atoms with van der Waals surface area (Å²) in [7, 11) is 0. The Kier molecular flexibility index (Phi) is 6.44. The summed E-state index contributed by atoms with van der Waals surface area (Å²) in [4.78, 5) is 29.9. The number of H-pyrrole nitrogens is 2. The zero-order valence-electron chi connectivity index (χ0n) is 22.1. The summed E-state index contributed by atoms with van der Waals surface area (Å²) in [6.45, 7) is 1.92. The van der Waals surface area contributed by atoms with E-state index in [1.165, 1.54) is 12.1 Å². The quantitative estimate of drug-likeness (QED) is 0.213. The number of aromatic amines is 2. The molecule has 1 aliphatic heterocycles. The lowest BCUT2D eigenvalue weighted by Crippen LogP contribution is -2.30. The molecule has 1 fully saturated rings. The van der Waals surface area contributed by atoms with Crippen molar-refractivity contribution in [2.45, 2.75) is 19.3 Å². The number of carbonyl (C=O) groups is 1. The molecule has 0 spiro atoms. The summed E-state index contributed by atoms with van der Waals surface area (Å²) in [5.74, 6) is 0.730. The van der Waals surface area contributed by atoms with Crippen LogP contribution in [0, 0.1) is 11.7 Å². The number of nitrogens with one attached hydrogen (secondary N) is 4. The van der Waals surface area contributed by atoms with E-state index in [1.807, 2.05) is 30.3 Å². The topological polar surface area (TPSA) is 124 Å². The second-order valence-electron chi connectivity index (χ2n) is 10.4. The maximum atomic E-state index is 13.5. The van der Waals surface area contributed by atoms with Crippen LogP contribution in [-0.2, 0) is 4.79 Å². The second kappa shape index (κ2) is 10.5. The van der Waals surface area contributed by atoms with Crippen molar-refractivity contribution in [3.63, 3.8) is 0 Å². The van der Waals surface area contributed by atoms with E-state index >= 15 is 0 Å². The van der Waals surface area contributed by atoms with E-state index in [0.29, 0.717) is 35.2 Å². The van der Waals surface area contributed by atoms with E-state index in [4.69, 9.17) is 4.98 Å². The minimum absolute atomic E-state index is 0.00118. The Bertz CT molecular complexity index is 1870. The molecular formula is C31H27FN8O. The Morgan fingerprint density at radius 2 is 1.83 bits per heavy atom. The maximum absolute atomic E-state index is 13.5. The van der Waals surface area contributed by atoms with Crippen LogP contribution in [0.2, 0.25) is 0 Å². The van der Waals surface area contributed by atoms with Crippen LogP contribution in [0.3, 0.4) is 0 Å². The highest BCUT2D eigenvalue weighted by molar-refractivity contribution is 5.98. The van der Waals surface area contributed by atoms with Gasteiger partial charge in [0.05, 0.1) is 40.3 Å². The lowest BCUT2D eigenvalue weighted by Gasteiger charge is -2.21. The average molecular weight is 547 g/mol. The van der Waals surface area contributed by atoms with Crippen LogP contribution in [0.25, 0.3) is 55.8 Å². The van der Waals surface area contributed by atoms with Crippen molar-refractivity contribution in [2.24, 2.45) is 5.92 Å². The van der Waals surface area contributed by atoms with Gasteiger partial charge in [-0.1, -0.05) is 24.3 Å². The summed E-state index contributed by atoms with van der Waals surface area (Å²) >= 11 is 0. The van der Waals surface area contributed by atoms with Crippen molar-refractivity contribution in [1.82, 2.24) is 35.5 Å². The predicted molar refractivity (Wildman–Crippen MR) is 156 cm³/mol. The van der Waals surface area contributed by atoms with Crippen LogP contribution in [0.1, 0.15) is 19.3 Å². The summed E-state index contributed by atoms with van der Waals surface area (Å²) < 4.78 is 13.5. The van der Waals surface area contributed by atoms with Crippen molar-refractivity contribution in [3.8, 4) is 33.9 Å². The van der Waals surface area contributed by atoms with Crippen LogP contribution < -0.4 is 10.6 Å². The first-order chi connectivity index (χ1) is 20.1. The van der Waals surface area contributed by atoms with Crippen molar-refractivity contribution in [3.05, 3.63) is 79.0 Å². The first-order valence-electron chi connectivity index (χ1n) is 13.7. The Balaban J connectivity index is 1.19. The number of anilines is 1.